The lowest BCUT2D eigenvalue weighted by atomic mass is 9.86. The number of hydrogen-bond acceptors (Lipinski definition) is 5. The van der Waals surface area contributed by atoms with E-state index < -0.39 is 16.7 Å². The van der Waals surface area contributed by atoms with E-state index in [9.17, 15) is 18.3 Å². The van der Waals surface area contributed by atoms with Gasteiger partial charge in [-0.25, -0.2) is 9.97 Å². The molecule has 0 fully saturated rings. The van der Waals surface area contributed by atoms with E-state index in [4.69, 9.17) is 16.3 Å². The van der Waals surface area contributed by atoms with Gasteiger partial charge in [-0.3, -0.25) is 0 Å². The van der Waals surface area contributed by atoms with Crippen molar-refractivity contribution in [3.05, 3.63) is 97.5 Å². The molecule has 39 heavy (non-hydrogen) atoms. The zero-order valence-electron chi connectivity index (χ0n) is 21.9. The molecule has 0 radical (unpaired) electrons. The maximum Gasteiger partial charge on any atom is 0.425 e. The first-order valence-corrected chi connectivity index (χ1v) is 13.2. The number of alkyl halides is 3. The topological polar surface area (TPSA) is 65.1 Å². The number of rotatable bonds is 6. The van der Waals surface area contributed by atoms with Crippen molar-refractivity contribution in [2.45, 2.75) is 32.0 Å². The van der Waals surface area contributed by atoms with Gasteiger partial charge in [0.25, 0.3) is 0 Å². The van der Waals surface area contributed by atoms with Crippen LogP contribution in [0.1, 0.15) is 43.8 Å². The van der Waals surface area contributed by atoms with Crippen LogP contribution in [0.4, 0.5) is 13.2 Å². The molecule has 11 heteroatoms. The average Bonchev–Trinajstić information content (AvgIpc) is 3.60. The Morgan fingerprint density at radius 1 is 1.03 bits per heavy atom. The Morgan fingerprint density at radius 2 is 1.77 bits per heavy atom. The second-order valence-corrected chi connectivity index (χ2v) is 11.0. The van der Waals surface area contributed by atoms with Gasteiger partial charge in [-0.05, 0) is 55.8 Å². The van der Waals surface area contributed by atoms with Crippen LogP contribution in [0.25, 0.3) is 10.9 Å². The molecule has 6 nitrogen and oxygen atoms in total. The van der Waals surface area contributed by atoms with E-state index >= 15 is 0 Å². The molecule has 1 aromatic carbocycles. The van der Waals surface area contributed by atoms with E-state index in [1.807, 2.05) is 49.2 Å². The summed E-state index contributed by atoms with van der Waals surface area (Å²) in [5.74, 6) is 0.967. The summed E-state index contributed by atoms with van der Waals surface area (Å²) in [5.41, 5.74) is 2.10. The predicted octanol–water partition coefficient (Wildman–Crippen LogP) is 6.54. The van der Waals surface area contributed by atoms with Crippen molar-refractivity contribution in [2.24, 2.45) is 14.1 Å². The maximum absolute atomic E-state index is 13.2. The second kappa shape index (κ2) is 9.69. The summed E-state index contributed by atoms with van der Waals surface area (Å²) in [6.45, 7) is 3.81. The van der Waals surface area contributed by atoms with Crippen molar-refractivity contribution in [3.63, 3.8) is 0 Å². The number of halogens is 4. The van der Waals surface area contributed by atoms with Crippen LogP contribution in [0.15, 0.2) is 48.7 Å². The van der Waals surface area contributed by atoms with Gasteiger partial charge < -0.3 is 19.0 Å². The lowest BCUT2D eigenvalue weighted by molar-refractivity contribution is -0.134. The number of fused-ring (bicyclic) bond motifs is 1. The van der Waals surface area contributed by atoms with Crippen molar-refractivity contribution >= 4 is 33.8 Å². The van der Waals surface area contributed by atoms with Gasteiger partial charge in [0.15, 0.2) is 5.60 Å². The van der Waals surface area contributed by atoms with Crippen LogP contribution >= 0.6 is 22.9 Å². The van der Waals surface area contributed by atoms with E-state index in [1.165, 1.54) is 13.2 Å². The fraction of sp³-hybridized carbons (Fsp3) is 0.286. The zero-order chi connectivity index (χ0) is 28.3. The van der Waals surface area contributed by atoms with Gasteiger partial charge >= 0.3 is 6.18 Å². The average molecular weight is 575 g/mol. The van der Waals surface area contributed by atoms with Gasteiger partial charge in [0.05, 0.1) is 35.2 Å². The van der Waals surface area contributed by atoms with Crippen LogP contribution in [0.3, 0.4) is 0 Å². The minimum atomic E-state index is -4.42. The molecule has 0 spiro atoms. The molecule has 0 aliphatic heterocycles. The molecule has 4 aromatic heterocycles. The summed E-state index contributed by atoms with van der Waals surface area (Å²) in [6.07, 6.45) is -2.66. The SMILES string of the molecule is COc1nc2ccc(C(O)(c3ccc(C)n3C)c3cnc(C)n3C)cc2c(Cl)c1Cc1ccc(C(F)(F)F)s1. The fourth-order valence-corrected chi connectivity index (χ4v) is 6.02. The van der Waals surface area contributed by atoms with Gasteiger partial charge in [-0.1, -0.05) is 17.7 Å². The highest BCUT2D eigenvalue weighted by Crippen LogP contribution is 2.42. The Bertz CT molecular complexity index is 1660. The van der Waals surface area contributed by atoms with E-state index in [1.54, 1.807) is 24.4 Å². The minimum Gasteiger partial charge on any atom is -0.481 e. The highest BCUT2D eigenvalue weighted by molar-refractivity contribution is 7.12. The molecule has 4 heterocycles. The summed E-state index contributed by atoms with van der Waals surface area (Å²) >= 11 is 7.57. The van der Waals surface area contributed by atoms with Crippen molar-refractivity contribution in [1.29, 1.82) is 0 Å². The molecule has 0 saturated carbocycles. The molecule has 204 valence electrons. The Morgan fingerprint density at radius 3 is 2.33 bits per heavy atom. The Labute approximate surface area is 232 Å². The first kappa shape index (κ1) is 27.2. The number of imidazole rings is 1. The summed E-state index contributed by atoms with van der Waals surface area (Å²) < 4.78 is 48.8. The molecular weight excluding hydrogens is 549 g/mol. The highest BCUT2D eigenvalue weighted by atomic mass is 35.5. The number of aliphatic hydroxyl groups is 1. The zero-order valence-corrected chi connectivity index (χ0v) is 23.5. The van der Waals surface area contributed by atoms with Crippen LogP contribution in [0.5, 0.6) is 5.88 Å². The van der Waals surface area contributed by atoms with Gasteiger partial charge in [0.1, 0.15) is 10.7 Å². The third-order valence-electron chi connectivity index (χ3n) is 7.22. The fourth-order valence-electron chi connectivity index (χ4n) is 4.83. The number of pyridine rings is 1. The Balaban J connectivity index is 1.70. The van der Waals surface area contributed by atoms with Crippen molar-refractivity contribution in [1.82, 2.24) is 19.1 Å². The Kier molecular flexibility index (Phi) is 6.77. The quantitative estimate of drug-likeness (QED) is 0.250. The normalized spacial score (nSPS) is 13.7. The summed E-state index contributed by atoms with van der Waals surface area (Å²) in [5, 5.41) is 13.3. The summed E-state index contributed by atoms with van der Waals surface area (Å²) in [7, 11) is 5.17. The molecule has 0 aliphatic rings. The molecule has 0 aliphatic carbocycles. The van der Waals surface area contributed by atoms with E-state index in [2.05, 4.69) is 9.97 Å². The molecule has 1 atom stereocenters. The van der Waals surface area contributed by atoms with Crippen LogP contribution < -0.4 is 4.74 Å². The second-order valence-electron chi connectivity index (χ2n) is 9.47. The van der Waals surface area contributed by atoms with Gasteiger partial charge in [0, 0.05) is 42.0 Å². The number of ether oxygens (including phenoxy) is 1. The largest absolute Gasteiger partial charge is 0.481 e. The van der Waals surface area contributed by atoms with Crippen molar-refractivity contribution < 1.29 is 23.0 Å². The van der Waals surface area contributed by atoms with Crippen molar-refractivity contribution in [2.75, 3.05) is 7.11 Å². The molecule has 5 rings (SSSR count). The molecule has 5 aromatic rings. The standard InChI is InChI=1S/C28H26ClF3N4O2S/c1-15-6-10-22(35(15)3)27(37,23-14-33-16(2)36(23)4)17-7-9-21-19(12-17)25(29)20(26(34-21)38-5)13-18-8-11-24(39-18)28(30,31)32/h6-12,14,37H,13H2,1-5H3. The summed E-state index contributed by atoms with van der Waals surface area (Å²) in [4.78, 5) is 8.79. The number of nitrogens with zero attached hydrogens (tertiary/aromatic N) is 4. The Hall–Kier alpha value is -3.34. The van der Waals surface area contributed by atoms with E-state index in [-0.39, 0.29) is 12.3 Å². The monoisotopic (exact) mass is 574 g/mol. The van der Waals surface area contributed by atoms with Crippen molar-refractivity contribution in [3.8, 4) is 5.88 Å². The van der Waals surface area contributed by atoms with Gasteiger partial charge in [0.2, 0.25) is 5.88 Å². The summed E-state index contributed by atoms with van der Waals surface area (Å²) in [6, 6.07) is 11.6. The lowest BCUT2D eigenvalue weighted by Crippen LogP contribution is -2.33. The third kappa shape index (κ3) is 4.50. The third-order valence-corrected chi connectivity index (χ3v) is 8.78. The predicted molar refractivity (Wildman–Crippen MR) is 146 cm³/mol. The molecule has 0 saturated heterocycles. The van der Waals surface area contributed by atoms with E-state index in [0.717, 1.165) is 17.6 Å². The van der Waals surface area contributed by atoms with E-state index in [0.29, 0.717) is 54.7 Å². The molecule has 0 amide bonds. The minimum absolute atomic E-state index is 0.109. The molecular formula is C28H26ClF3N4O2S. The number of methoxy groups -OCH3 is 1. The number of aryl methyl sites for hydroxylation is 2. The van der Waals surface area contributed by atoms with Crippen LogP contribution in [-0.2, 0) is 32.3 Å². The first-order chi connectivity index (χ1) is 18.4. The number of aromatic nitrogens is 4. The lowest BCUT2D eigenvalue weighted by Gasteiger charge is -2.31. The molecule has 1 N–H and O–H groups in total. The number of hydrogen-bond donors (Lipinski definition) is 1. The molecule has 1 unspecified atom stereocenters. The van der Waals surface area contributed by atoms with Gasteiger partial charge in [-0.15, -0.1) is 11.3 Å². The number of thiophene rings is 1. The smallest absolute Gasteiger partial charge is 0.425 e. The highest BCUT2D eigenvalue weighted by Gasteiger charge is 2.40. The van der Waals surface area contributed by atoms with Crippen LogP contribution in [0.2, 0.25) is 5.02 Å². The first-order valence-electron chi connectivity index (χ1n) is 12.0. The van der Waals surface area contributed by atoms with Crippen LogP contribution in [-0.4, -0.2) is 31.3 Å². The van der Waals surface area contributed by atoms with Crippen LogP contribution in [0, 0.1) is 13.8 Å². The maximum atomic E-state index is 13.2. The van der Waals surface area contributed by atoms with Gasteiger partial charge in [-0.2, -0.15) is 13.2 Å². The number of benzene rings is 1. The molecule has 0 bridgehead atoms.